The monoisotopic (exact) mass is 299 g/mol. The first-order chi connectivity index (χ1) is 9.88. The summed E-state index contributed by atoms with van der Waals surface area (Å²) in [5.41, 5.74) is 0. The maximum atomic E-state index is 11.8. The summed E-state index contributed by atoms with van der Waals surface area (Å²) >= 11 is 0. The number of nitrogens with zero attached hydrogens (tertiary/aromatic N) is 1. The number of nitrogens with one attached hydrogen (secondary N) is 2. The van der Waals surface area contributed by atoms with Crippen molar-refractivity contribution in [3.63, 3.8) is 0 Å². The second kappa shape index (κ2) is 8.87. The van der Waals surface area contributed by atoms with Crippen molar-refractivity contribution in [2.24, 2.45) is 11.8 Å². The minimum Gasteiger partial charge on any atom is -0.481 e. The summed E-state index contributed by atoms with van der Waals surface area (Å²) in [6.45, 7) is 6.72. The van der Waals surface area contributed by atoms with Crippen LogP contribution in [0.15, 0.2) is 0 Å². The molecule has 6 nitrogen and oxygen atoms in total. The van der Waals surface area contributed by atoms with Gasteiger partial charge >= 0.3 is 12.0 Å². The smallest absolute Gasteiger partial charge is 0.315 e. The minimum absolute atomic E-state index is 0.115. The predicted molar refractivity (Wildman–Crippen MR) is 82.3 cm³/mol. The van der Waals surface area contributed by atoms with Crippen LogP contribution in [-0.4, -0.2) is 54.7 Å². The lowest BCUT2D eigenvalue weighted by Gasteiger charge is -2.20. The van der Waals surface area contributed by atoms with Gasteiger partial charge in [-0.3, -0.25) is 4.79 Å². The molecular formula is C15H29N3O3. The summed E-state index contributed by atoms with van der Waals surface area (Å²) in [5, 5.41) is 14.6. The average molecular weight is 299 g/mol. The number of amides is 2. The van der Waals surface area contributed by atoms with E-state index in [2.05, 4.69) is 36.4 Å². The number of carbonyl (C=O) groups excluding carboxylic acids is 1. The van der Waals surface area contributed by atoms with Crippen LogP contribution in [0.5, 0.6) is 0 Å². The largest absolute Gasteiger partial charge is 0.481 e. The zero-order valence-electron chi connectivity index (χ0n) is 13.4. The average Bonchev–Trinajstić information content (AvgIpc) is 2.78. The van der Waals surface area contributed by atoms with Crippen LogP contribution in [0.1, 0.15) is 39.5 Å². The number of carboxylic acid groups (broad SMARTS) is 1. The standard InChI is InChI=1S/C15H29N3O3/c1-11(2)12(4-5-14(19)20)6-8-16-15(21)17-13-7-9-18(3)10-13/h11-13H,4-10H2,1-3H3,(H,19,20)(H2,16,17,21). The Morgan fingerprint density at radius 3 is 2.57 bits per heavy atom. The Morgan fingerprint density at radius 1 is 1.33 bits per heavy atom. The van der Waals surface area contributed by atoms with E-state index in [1.54, 1.807) is 0 Å². The van der Waals surface area contributed by atoms with Crippen LogP contribution < -0.4 is 10.6 Å². The molecule has 0 spiro atoms. The molecule has 6 heteroatoms. The summed E-state index contributed by atoms with van der Waals surface area (Å²) in [5.74, 6) is 0.00779. The van der Waals surface area contributed by atoms with Gasteiger partial charge in [0, 0.05) is 25.6 Å². The van der Waals surface area contributed by atoms with E-state index in [-0.39, 0.29) is 18.5 Å². The van der Waals surface area contributed by atoms with Gasteiger partial charge in [-0.25, -0.2) is 4.79 Å². The van der Waals surface area contributed by atoms with E-state index in [0.29, 0.717) is 24.8 Å². The third kappa shape index (κ3) is 7.32. The molecule has 1 aliphatic heterocycles. The van der Waals surface area contributed by atoms with E-state index in [1.807, 2.05) is 0 Å². The van der Waals surface area contributed by atoms with Gasteiger partial charge in [0.1, 0.15) is 0 Å². The fraction of sp³-hybridized carbons (Fsp3) is 0.867. The van der Waals surface area contributed by atoms with Crippen molar-refractivity contribution >= 4 is 12.0 Å². The van der Waals surface area contributed by atoms with E-state index < -0.39 is 5.97 Å². The molecular weight excluding hydrogens is 270 g/mol. The van der Waals surface area contributed by atoms with Crippen molar-refractivity contribution in [1.82, 2.24) is 15.5 Å². The maximum Gasteiger partial charge on any atom is 0.315 e. The molecule has 1 aliphatic rings. The van der Waals surface area contributed by atoms with Gasteiger partial charge < -0.3 is 20.6 Å². The quantitative estimate of drug-likeness (QED) is 0.634. The van der Waals surface area contributed by atoms with E-state index in [9.17, 15) is 9.59 Å². The molecule has 0 aromatic rings. The molecule has 0 aromatic heterocycles. The number of urea groups is 1. The molecule has 2 unspecified atom stereocenters. The Kier molecular flexibility index (Phi) is 7.50. The lowest BCUT2D eigenvalue weighted by molar-refractivity contribution is -0.137. The Hall–Kier alpha value is -1.30. The van der Waals surface area contributed by atoms with Gasteiger partial charge in [-0.05, 0) is 44.7 Å². The normalized spacial score (nSPS) is 20.5. The van der Waals surface area contributed by atoms with Crippen LogP contribution in [0.2, 0.25) is 0 Å². The molecule has 3 N–H and O–H groups in total. The number of hydrogen-bond donors (Lipinski definition) is 3. The number of hydrogen-bond acceptors (Lipinski definition) is 3. The number of aliphatic carboxylic acids is 1. The van der Waals surface area contributed by atoms with Crippen molar-refractivity contribution in [1.29, 1.82) is 0 Å². The van der Waals surface area contributed by atoms with Gasteiger partial charge in [-0.2, -0.15) is 0 Å². The highest BCUT2D eigenvalue weighted by Gasteiger charge is 2.21. The number of carboxylic acids is 1. The fourth-order valence-corrected chi connectivity index (χ4v) is 2.78. The van der Waals surface area contributed by atoms with Crippen molar-refractivity contribution in [2.45, 2.75) is 45.6 Å². The van der Waals surface area contributed by atoms with Crippen molar-refractivity contribution < 1.29 is 14.7 Å². The molecule has 2 atom stereocenters. The number of likely N-dealkylation sites (N-methyl/N-ethyl adjacent to an activating group) is 1. The van der Waals surface area contributed by atoms with Crippen molar-refractivity contribution in [3.05, 3.63) is 0 Å². The van der Waals surface area contributed by atoms with Crippen LogP contribution >= 0.6 is 0 Å². The molecule has 0 aromatic carbocycles. The van der Waals surface area contributed by atoms with Gasteiger partial charge in [0.15, 0.2) is 0 Å². The lowest BCUT2D eigenvalue weighted by Crippen LogP contribution is -2.43. The van der Waals surface area contributed by atoms with Gasteiger partial charge in [-0.1, -0.05) is 13.8 Å². The van der Waals surface area contributed by atoms with Gasteiger partial charge in [0.25, 0.3) is 0 Å². The maximum absolute atomic E-state index is 11.8. The highest BCUT2D eigenvalue weighted by atomic mass is 16.4. The van der Waals surface area contributed by atoms with Crippen LogP contribution in [-0.2, 0) is 4.79 Å². The molecule has 1 fully saturated rings. The highest BCUT2D eigenvalue weighted by molar-refractivity contribution is 5.74. The first kappa shape index (κ1) is 17.8. The Balaban J connectivity index is 2.20. The second-order valence-electron chi connectivity index (χ2n) is 6.37. The third-order valence-corrected chi connectivity index (χ3v) is 4.20. The SMILES string of the molecule is CC(C)C(CCNC(=O)NC1CCN(C)C1)CCC(=O)O. The van der Waals surface area contributed by atoms with E-state index in [0.717, 1.165) is 25.9 Å². The van der Waals surface area contributed by atoms with Crippen LogP contribution in [0.25, 0.3) is 0 Å². The van der Waals surface area contributed by atoms with Crippen LogP contribution in [0.4, 0.5) is 4.79 Å². The van der Waals surface area contributed by atoms with Crippen molar-refractivity contribution in [3.8, 4) is 0 Å². The van der Waals surface area contributed by atoms with E-state index in [1.165, 1.54) is 0 Å². The summed E-state index contributed by atoms with van der Waals surface area (Å²) in [6.07, 6.45) is 2.69. The molecule has 0 saturated carbocycles. The summed E-state index contributed by atoms with van der Waals surface area (Å²) in [7, 11) is 2.05. The second-order valence-corrected chi connectivity index (χ2v) is 6.37. The third-order valence-electron chi connectivity index (χ3n) is 4.20. The fourth-order valence-electron chi connectivity index (χ4n) is 2.78. The zero-order valence-corrected chi connectivity index (χ0v) is 13.4. The minimum atomic E-state index is -0.753. The van der Waals surface area contributed by atoms with E-state index >= 15 is 0 Å². The van der Waals surface area contributed by atoms with Crippen LogP contribution in [0.3, 0.4) is 0 Å². The molecule has 0 bridgehead atoms. The van der Waals surface area contributed by atoms with Gasteiger partial charge in [0.05, 0.1) is 0 Å². The molecule has 21 heavy (non-hydrogen) atoms. The molecule has 2 amide bonds. The Morgan fingerprint density at radius 2 is 2.05 bits per heavy atom. The molecule has 1 rings (SSSR count). The first-order valence-electron chi connectivity index (χ1n) is 7.83. The summed E-state index contributed by atoms with van der Waals surface area (Å²) in [6, 6.07) is 0.124. The topological polar surface area (TPSA) is 81.7 Å². The molecule has 0 aliphatic carbocycles. The molecule has 0 radical (unpaired) electrons. The predicted octanol–water partition coefficient (Wildman–Crippen LogP) is 1.52. The molecule has 1 saturated heterocycles. The number of rotatable bonds is 8. The van der Waals surface area contributed by atoms with E-state index in [4.69, 9.17) is 5.11 Å². The van der Waals surface area contributed by atoms with Crippen LogP contribution in [0, 0.1) is 11.8 Å². The number of likely N-dealkylation sites (tertiary alicyclic amines) is 1. The van der Waals surface area contributed by atoms with Crippen molar-refractivity contribution in [2.75, 3.05) is 26.7 Å². The van der Waals surface area contributed by atoms with Gasteiger partial charge in [0.2, 0.25) is 0 Å². The summed E-state index contributed by atoms with van der Waals surface area (Å²) < 4.78 is 0. The zero-order chi connectivity index (χ0) is 15.8. The number of carbonyl (C=O) groups is 2. The summed E-state index contributed by atoms with van der Waals surface area (Å²) in [4.78, 5) is 24.6. The highest BCUT2D eigenvalue weighted by Crippen LogP contribution is 2.20. The molecule has 1 heterocycles. The lowest BCUT2D eigenvalue weighted by atomic mass is 9.88. The Labute approximate surface area is 127 Å². The van der Waals surface area contributed by atoms with Gasteiger partial charge in [-0.15, -0.1) is 0 Å². The Bertz CT molecular complexity index is 347. The molecule has 122 valence electrons. The first-order valence-corrected chi connectivity index (χ1v) is 7.83.